The largest absolute Gasteiger partial charge is 0.392 e. The molecule has 0 spiro atoms. The van der Waals surface area contributed by atoms with E-state index in [0.29, 0.717) is 5.56 Å². The van der Waals surface area contributed by atoms with Crippen molar-refractivity contribution in [1.29, 1.82) is 5.26 Å². The van der Waals surface area contributed by atoms with E-state index < -0.39 is 0 Å². The van der Waals surface area contributed by atoms with Gasteiger partial charge in [0.2, 0.25) is 0 Å². The summed E-state index contributed by atoms with van der Waals surface area (Å²) >= 11 is 1.65. The lowest BCUT2D eigenvalue weighted by molar-refractivity contribution is 0.137. The van der Waals surface area contributed by atoms with E-state index in [1.807, 2.05) is 24.3 Å². The first-order valence-electron chi connectivity index (χ1n) is 5.65. The molecule has 1 saturated carbocycles. The van der Waals surface area contributed by atoms with Crippen LogP contribution in [0.1, 0.15) is 31.2 Å². The van der Waals surface area contributed by atoms with Gasteiger partial charge in [0.15, 0.2) is 0 Å². The van der Waals surface area contributed by atoms with Gasteiger partial charge in [0.1, 0.15) is 6.07 Å². The minimum atomic E-state index is -0.217. The molecule has 1 aliphatic carbocycles. The summed E-state index contributed by atoms with van der Waals surface area (Å²) in [6.45, 7) is 0. The number of aliphatic hydroxyl groups is 1. The van der Waals surface area contributed by atoms with Crippen molar-refractivity contribution in [3.63, 3.8) is 0 Å². The first-order chi connectivity index (χ1) is 7.81. The Kier molecular flexibility index (Phi) is 3.87. The molecule has 1 N–H and O–H groups in total. The van der Waals surface area contributed by atoms with Crippen LogP contribution in [-0.2, 0) is 0 Å². The van der Waals surface area contributed by atoms with E-state index in [4.69, 9.17) is 5.26 Å². The average Bonchev–Trinajstić information content (AvgIpc) is 2.33. The van der Waals surface area contributed by atoms with Gasteiger partial charge in [0.05, 0.1) is 11.7 Å². The van der Waals surface area contributed by atoms with Crippen LogP contribution in [0.15, 0.2) is 29.2 Å². The van der Waals surface area contributed by atoms with Gasteiger partial charge in [-0.05, 0) is 25.0 Å². The van der Waals surface area contributed by atoms with Crippen LogP contribution in [0.2, 0.25) is 0 Å². The van der Waals surface area contributed by atoms with E-state index in [1.54, 1.807) is 11.8 Å². The Hall–Kier alpha value is -0.980. The minimum absolute atomic E-state index is 0.217. The summed E-state index contributed by atoms with van der Waals surface area (Å²) in [6.07, 6.45) is 4.03. The third kappa shape index (κ3) is 2.58. The van der Waals surface area contributed by atoms with Crippen LogP contribution in [0.5, 0.6) is 0 Å². The first kappa shape index (κ1) is 11.5. The predicted octanol–water partition coefficient (Wildman–Crippen LogP) is 2.95. The van der Waals surface area contributed by atoms with Crippen LogP contribution in [0, 0.1) is 11.3 Å². The zero-order chi connectivity index (χ0) is 11.4. The molecule has 0 bridgehead atoms. The summed E-state index contributed by atoms with van der Waals surface area (Å²) in [5.74, 6) is 0. The summed E-state index contributed by atoms with van der Waals surface area (Å²) in [6, 6.07) is 9.81. The maximum absolute atomic E-state index is 9.89. The van der Waals surface area contributed by atoms with Crippen molar-refractivity contribution in [2.45, 2.75) is 41.9 Å². The van der Waals surface area contributed by atoms with Gasteiger partial charge in [0, 0.05) is 10.1 Å². The molecule has 2 atom stereocenters. The molecule has 0 aromatic heterocycles. The van der Waals surface area contributed by atoms with Gasteiger partial charge in [-0.15, -0.1) is 11.8 Å². The van der Waals surface area contributed by atoms with Gasteiger partial charge in [-0.3, -0.25) is 0 Å². The van der Waals surface area contributed by atoms with Gasteiger partial charge in [-0.25, -0.2) is 0 Å². The van der Waals surface area contributed by atoms with Crippen LogP contribution < -0.4 is 0 Å². The fourth-order valence-corrected chi connectivity index (χ4v) is 3.34. The molecule has 0 unspecified atom stereocenters. The summed E-state index contributed by atoms with van der Waals surface area (Å²) in [5.41, 5.74) is 0.713. The van der Waals surface area contributed by atoms with Gasteiger partial charge in [-0.1, -0.05) is 25.0 Å². The topological polar surface area (TPSA) is 44.0 Å². The molecule has 2 nitrogen and oxygen atoms in total. The summed E-state index contributed by atoms with van der Waals surface area (Å²) in [5, 5.41) is 19.1. The molecule has 2 rings (SSSR count). The van der Waals surface area contributed by atoms with Gasteiger partial charge >= 0.3 is 0 Å². The highest BCUT2D eigenvalue weighted by atomic mass is 32.2. The molecule has 0 amide bonds. The van der Waals surface area contributed by atoms with Crippen LogP contribution in [0.3, 0.4) is 0 Å². The molecule has 0 heterocycles. The van der Waals surface area contributed by atoms with Crippen molar-refractivity contribution in [2.24, 2.45) is 0 Å². The Labute approximate surface area is 100 Å². The van der Waals surface area contributed by atoms with E-state index in [-0.39, 0.29) is 11.4 Å². The van der Waals surface area contributed by atoms with E-state index in [0.717, 1.165) is 24.2 Å². The molecule has 16 heavy (non-hydrogen) atoms. The molecule has 0 saturated heterocycles. The standard InChI is InChI=1S/C13H15NOS/c14-9-10-5-1-3-7-12(10)16-13-8-4-2-6-11(13)15/h1,3,5,7,11,13,15H,2,4,6,8H2/t11-,13-/m0/s1. The number of aliphatic hydroxyl groups excluding tert-OH is 1. The quantitative estimate of drug-likeness (QED) is 0.854. The third-order valence-electron chi connectivity index (χ3n) is 2.95. The third-order valence-corrected chi connectivity index (χ3v) is 4.42. The fourth-order valence-electron chi connectivity index (χ4n) is 2.04. The van der Waals surface area contributed by atoms with Crippen molar-refractivity contribution >= 4 is 11.8 Å². The maximum Gasteiger partial charge on any atom is 0.100 e. The summed E-state index contributed by atoms with van der Waals surface area (Å²) in [4.78, 5) is 0.996. The Bertz CT molecular complexity index is 399. The Balaban J connectivity index is 2.11. The van der Waals surface area contributed by atoms with Crippen LogP contribution >= 0.6 is 11.8 Å². The van der Waals surface area contributed by atoms with Crippen LogP contribution in [0.25, 0.3) is 0 Å². The lowest BCUT2D eigenvalue weighted by Crippen LogP contribution is -2.26. The zero-order valence-electron chi connectivity index (χ0n) is 9.10. The number of nitriles is 1. The minimum Gasteiger partial charge on any atom is -0.392 e. The van der Waals surface area contributed by atoms with Crippen molar-refractivity contribution in [3.8, 4) is 6.07 Å². The molecule has 84 valence electrons. The van der Waals surface area contributed by atoms with E-state index in [2.05, 4.69) is 6.07 Å². The molecule has 1 aromatic rings. The van der Waals surface area contributed by atoms with Crippen molar-refractivity contribution in [1.82, 2.24) is 0 Å². The highest BCUT2D eigenvalue weighted by Crippen LogP contribution is 2.35. The average molecular weight is 233 g/mol. The molecule has 1 fully saturated rings. The normalized spacial score (nSPS) is 25.0. The van der Waals surface area contributed by atoms with E-state index >= 15 is 0 Å². The number of thioether (sulfide) groups is 1. The Morgan fingerprint density at radius 2 is 2.00 bits per heavy atom. The predicted molar refractivity (Wildman–Crippen MR) is 65.3 cm³/mol. The van der Waals surface area contributed by atoms with Gasteiger partial charge < -0.3 is 5.11 Å². The lowest BCUT2D eigenvalue weighted by Gasteiger charge is -2.27. The lowest BCUT2D eigenvalue weighted by atomic mass is 9.97. The highest BCUT2D eigenvalue weighted by molar-refractivity contribution is 8.00. The second-order valence-corrected chi connectivity index (χ2v) is 5.40. The number of nitrogens with zero attached hydrogens (tertiary/aromatic N) is 1. The molecule has 3 heteroatoms. The zero-order valence-corrected chi connectivity index (χ0v) is 9.91. The molecule has 0 radical (unpaired) electrons. The molecular weight excluding hydrogens is 218 g/mol. The maximum atomic E-state index is 9.89. The molecule has 1 aliphatic rings. The van der Waals surface area contributed by atoms with Gasteiger partial charge in [0.25, 0.3) is 0 Å². The summed E-state index contributed by atoms with van der Waals surface area (Å²) in [7, 11) is 0. The van der Waals surface area contributed by atoms with E-state index in [1.165, 1.54) is 6.42 Å². The van der Waals surface area contributed by atoms with Crippen molar-refractivity contribution in [3.05, 3.63) is 29.8 Å². The summed E-state index contributed by atoms with van der Waals surface area (Å²) < 4.78 is 0. The number of benzene rings is 1. The van der Waals surface area contributed by atoms with Crippen molar-refractivity contribution < 1.29 is 5.11 Å². The number of rotatable bonds is 2. The van der Waals surface area contributed by atoms with Crippen LogP contribution in [-0.4, -0.2) is 16.5 Å². The van der Waals surface area contributed by atoms with Gasteiger partial charge in [-0.2, -0.15) is 5.26 Å². The van der Waals surface area contributed by atoms with Crippen molar-refractivity contribution in [2.75, 3.05) is 0 Å². The Morgan fingerprint density at radius 1 is 1.25 bits per heavy atom. The number of hydrogen-bond donors (Lipinski definition) is 1. The molecule has 1 aromatic carbocycles. The fraction of sp³-hybridized carbons (Fsp3) is 0.462. The monoisotopic (exact) mass is 233 g/mol. The SMILES string of the molecule is N#Cc1ccccc1S[C@H]1CCCC[C@@H]1O. The smallest absolute Gasteiger partial charge is 0.100 e. The first-order valence-corrected chi connectivity index (χ1v) is 6.53. The second kappa shape index (κ2) is 5.38. The van der Waals surface area contributed by atoms with E-state index in [9.17, 15) is 5.11 Å². The molecular formula is C13H15NOS. The highest BCUT2D eigenvalue weighted by Gasteiger charge is 2.24. The second-order valence-electron chi connectivity index (χ2n) is 4.12. The van der Waals surface area contributed by atoms with Crippen LogP contribution in [0.4, 0.5) is 0 Å². The number of hydrogen-bond acceptors (Lipinski definition) is 3. The Morgan fingerprint density at radius 3 is 2.75 bits per heavy atom. The molecule has 0 aliphatic heterocycles.